The van der Waals surface area contributed by atoms with Gasteiger partial charge in [-0.15, -0.1) is 0 Å². The Morgan fingerprint density at radius 2 is 1.70 bits per heavy atom. The summed E-state index contributed by atoms with van der Waals surface area (Å²) in [6, 6.07) is 13.4. The smallest absolute Gasteiger partial charge is 0.408 e. The van der Waals surface area contributed by atoms with E-state index >= 15 is 0 Å². The van der Waals surface area contributed by atoms with Gasteiger partial charge in [0.05, 0.1) is 5.52 Å². The van der Waals surface area contributed by atoms with Crippen LogP contribution in [0.3, 0.4) is 0 Å². The van der Waals surface area contributed by atoms with Gasteiger partial charge in [0.1, 0.15) is 29.8 Å². The van der Waals surface area contributed by atoms with Gasteiger partial charge in [-0.1, -0.05) is 36.4 Å². The van der Waals surface area contributed by atoms with Crippen molar-refractivity contribution in [3.63, 3.8) is 0 Å². The van der Waals surface area contributed by atoms with E-state index in [0.717, 1.165) is 16.5 Å². The first kappa shape index (κ1) is 27.4. The van der Waals surface area contributed by atoms with E-state index in [-0.39, 0.29) is 12.5 Å². The summed E-state index contributed by atoms with van der Waals surface area (Å²) in [5, 5.41) is 8.88. The van der Waals surface area contributed by atoms with E-state index in [4.69, 9.17) is 10.5 Å². The molecule has 0 aliphatic heterocycles. The van der Waals surface area contributed by atoms with E-state index in [9.17, 15) is 14.4 Å². The molecule has 37 heavy (non-hydrogen) atoms. The fourth-order valence-electron chi connectivity index (χ4n) is 3.63. The van der Waals surface area contributed by atoms with Gasteiger partial charge in [0.15, 0.2) is 0 Å². The molecule has 10 nitrogen and oxygen atoms in total. The highest BCUT2D eigenvalue weighted by Crippen LogP contribution is 2.17. The molecule has 0 unspecified atom stereocenters. The number of aromatic nitrogens is 2. The quantitative estimate of drug-likeness (QED) is 0.349. The largest absolute Gasteiger partial charge is 0.444 e. The van der Waals surface area contributed by atoms with Crippen molar-refractivity contribution in [1.82, 2.24) is 25.9 Å². The lowest BCUT2D eigenvalue weighted by Crippen LogP contribution is -2.53. The van der Waals surface area contributed by atoms with E-state index in [1.54, 1.807) is 33.8 Å². The van der Waals surface area contributed by atoms with E-state index < -0.39 is 29.7 Å². The highest BCUT2D eigenvalue weighted by atomic mass is 16.6. The lowest BCUT2D eigenvalue weighted by molar-refractivity contribution is -0.129. The lowest BCUT2D eigenvalue weighted by atomic mass is 10.0. The highest BCUT2D eigenvalue weighted by molar-refractivity contribution is 5.91. The number of benzene rings is 2. The van der Waals surface area contributed by atoms with Crippen molar-refractivity contribution >= 4 is 34.6 Å². The normalized spacial score (nSPS) is 12.9. The van der Waals surface area contributed by atoms with Crippen LogP contribution in [0.1, 0.15) is 45.2 Å². The van der Waals surface area contributed by atoms with Gasteiger partial charge in [0.2, 0.25) is 11.8 Å². The molecule has 0 aliphatic rings. The Hall–Kier alpha value is -4.21. The molecule has 2 atom stereocenters. The fourth-order valence-corrected chi connectivity index (χ4v) is 3.63. The number of nitrogens with one attached hydrogen (secondary N) is 3. The second-order valence-electron chi connectivity index (χ2n) is 9.78. The number of hydrogen-bond donors (Lipinski definition) is 4. The van der Waals surface area contributed by atoms with Crippen LogP contribution < -0.4 is 21.7 Å². The first-order chi connectivity index (χ1) is 17.5. The highest BCUT2D eigenvalue weighted by Gasteiger charge is 2.26. The van der Waals surface area contributed by atoms with Crippen molar-refractivity contribution in [2.75, 3.05) is 5.73 Å². The van der Waals surface area contributed by atoms with Crippen LogP contribution in [-0.2, 0) is 27.3 Å². The molecule has 0 saturated heterocycles. The summed E-state index contributed by atoms with van der Waals surface area (Å²) in [7, 11) is 0. The Bertz CT molecular complexity index is 1240. The molecule has 2 aromatic carbocycles. The molecule has 1 aromatic heterocycles. The van der Waals surface area contributed by atoms with Gasteiger partial charge in [0.25, 0.3) is 0 Å². The maximum Gasteiger partial charge on any atom is 0.408 e. The van der Waals surface area contributed by atoms with Gasteiger partial charge >= 0.3 is 6.09 Å². The third-order valence-electron chi connectivity index (χ3n) is 5.52. The van der Waals surface area contributed by atoms with Gasteiger partial charge in [-0.3, -0.25) is 9.59 Å². The summed E-state index contributed by atoms with van der Waals surface area (Å²) in [5.41, 5.74) is 7.68. The lowest BCUT2D eigenvalue weighted by Gasteiger charge is -2.24. The van der Waals surface area contributed by atoms with Crippen LogP contribution in [-0.4, -0.2) is 45.6 Å². The topological polar surface area (TPSA) is 148 Å². The molecule has 0 aliphatic carbocycles. The second-order valence-corrected chi connectivity index (χ2v) is 9.78. The van der Waals surface area contributed by atoms with Crippen molar-refractivity contribution in [2.24, 2.45) is 0 Å². The molecular formula is C27H34N6O4. The minimum Gasteiger partial charge on any atom is -0.444 e. The van der Waals surface area contributed by atoms with Crippen LogP contribution in [0, 0.1) is 0 Å². The number of nitrogens with two attached hydrogens (primary N) is 1. The summed E-state index contributed by atoms with van der Waals surface area (Å²) >= 11 is 0. The van der Waals surface area contributed by atoms with Crippen LogP contribution in [0.25, 0.3) is 10.9 Å². The zero-order valence-corrected chi connectivity index (χ0v) is 21.6. The summed E-state index contributed by atoms with van der Waals surface area (Å²) in [4.78, 5) is 46.3. The monoisotopic (exact) mass is 506 g/mol. The van der Waals surface area contributed by atoms with Crippen LogP contribution in [0.5, 0.6) is 0 Å². The van der Waals surface area contributed by atoms with Crippen molar-refractivity contribution in [1.29, 1.82) is 0 Å². The third kappa shape index (κ3) is 8.45. The molecule has 5 N–H and O–H groups in total. The summed E-state index contributed by atoms with van der Waals surface area (Å²) in [6.45, 7) is 7.07. The predicted molar refractivity (Wildman–Crippen MR) is 141 cm³/mol. The number of anilines is 1. The van der Waals surface area contributed by atoms with Gasteiger partial charge in [-0.2, -0.15) is 0 Å². The number of fused-ring (bicyclic) bond motifs is 1. The number of amides is 3. The van der Waals surface area contributed by atoms with Crippen molar-refractivity contribution < 1.29 is 19.1 Å². The Kier molecular flexibility index (Phi) is 9.00. The van der Waals surface area contributed by atoms with Gasteiger partial charge in [-0.05, 0) is 63.8 Å². The minimum absolute atomic E-state index is 0.243. The number of carbonyl (C=O) groups excluding carboxylic acids is 3. The first-order valence-corrected chi connectivity index (χ1v) is 12.1. The predicted octanol–water partition coefficient (Wildman–Crippen LogP) is 2.86. The number of hydrogen-bond acceptors (Lipinski definition) is 7. The summed E-state index contributed by atoms with van der Waals surface area (Å²) < 4.78 is 5.32. The maximum absolute atomic E-state index is 13.0. The van der Waals surface area contributed by atoms with Crippen LogP contribution >= 0.6 is 0 Å². The number of rotatable bonds is 9. The summed E-state index contributed by atoms with van der Waals surface area (Å²) in [6.07, 6.45) is 1.59. The molecule has 0 bridgehead atoms. The molecule has 3 aromatic rings. The van der Waals surface area contributed by atoms with Crippen molar-refractivity contribution in [3.8, 4) is 0 Å². The molecule has 0 saturated carbocycles. The Labute approximate surface area is 216 Å². The van der Waals surface area contributed by atoms with Gasteiger partial charge < -0.3 is 26.4 Å². The molecule has 0 fully saturated rings. The average molecular weight is 507 g/mol. The number of nitrogens with zero attached hydrogens (tertiary/aromatic N) is 2. The zero-order chi connectivity index (χ0) is 27.0. The molecule has 3 rings (SSSR count). The SMILES string of the molecule is C[C@H](NC(=O)[C@@H](CCc1ccccc1)NC(=O)OC(C)(C)C)C(=O)NCc1ccc2c(N)ncnc2c1. The summed E-state index contributed by atoms with van der Waals surface area (Å²) in [5.74, 6) is -0.448. The van der Waals surface area contributed by atoms with Gasteiger partial charge in [0, 0.05) is 11.9 Å². The van der Waals surface area contributed by atoms with Crippen LogP contribution in [0.15, 0.2) is 54.9 Å². The number of alkyl carbamates (subject to hydrolysis) is 1. The van der Waals surface area contributed by atoms with E-state index in [0.29, 0.717) is 24.2 Å². The van der Waals surface area contributed by atoms with Crippen LogP contribution in [0.2, 0.25) is 0 Å². The molecule has 0 spiro atoms. The number of ether oxygens (including phenoxy) is 1. The third-order valence-corrected chi connectivity index (χ3v) is 5.52. The Morgan fingerprint density at radius 1 is 0.973 bits per heavy atom. The molecule has 1 heterocycles. The Morgan fingerprint density at radius 3 is 2.41 bits per heavy atom. The van der Waals surface area contributed by atoms with Gasteiger partial charge in [-0.25, -0.2) is 14.8 Å². The molecular weight excluding hydrogens is 472 g/mol. The molecule has 196 valence electrons. The molecule has 3 amide bonds. The average Bonchev–Trinajstić information content (AvgIpc) is 2.84. The van der Waals surface area contributed by atoms with E-state index in [2.05, 4.69) is 25.9 Å². The fraction of sp³-hybridized carbons (Fsp3) is 0.370. The first-order valence-electron chi connectivity index (χ1n) is 12.1. The molecule has 0 radical (unpaired) electrons. The minimum atomic E-state index is -0.879. The van der Waals surface area contributed by atoms with Crippen molar-refractivity contribution in [3.05, 3.63) is 66.0 Å². The number of carbonyl (C=O) groups is 3. The number of nitrogen functional groups attached to an aromatic ring is 1. The van der Waals surface area contributed by atoms with Crippen molar-refractivity contribution in [2.45, 2.75) is 64.8 Å². The maximum atomic E-state index is 13.0. The second kappa shape index (κ2) is 12.2. The van der Waals surface area contributed by atoms with E-state index in [1.165, 1.54) is 6.33 Å². The van der Waals surface area contributed by atoms with Crippen LogP contribution in [0.4, 0.5) is 10.6 Å². The standard InChI is InChI=1S/C27H34N6O4/c1-17(24(34)29-15-19-10-12-20-22(14-19)30-16-31-23(20)28)32-25(35)21(33-26(36)37-27(2,3)4)13-11-18-8-6-5-7-9-18/h5-10,12,14,16-17,21H,11,13,15H2,1-4H3,(H,29,34)(H,32,35)(H,33,36)(H2,28,30,31)/t17-,21+/m0/s1. The number of aryl methyl sites for hydroxylation is 1. The zero-order valence-electron chi connectivity index (χ0n) is 21.6. The van der Waals surface area contributed by atoms with E-state index in [1.807, 2.05) is 42.5 Å². The molecule has 10 heteroatoms. The Balaban J connectivity index is 1.59.